The fourth-order valence-electron chi connectivity index (χ4n) is 2.51. The summed E-state index contributed by atoms with van der Waals surface area (Å²) in [5, 5.41) is 0.518. The van der Waals surface area contributed by atoms with E-state index in [1.807, 2.05) is 38.1 Å². The molecule has 2 aromatic carbocycles. The number of hydrogen-bond donors (Lipinski definition) is 1. The summed E-state index contributed by atoms with van der Waals surface area (Å²) in [6.45, 7) is 6.98. The lowest BCUT2D eigenvalue weighted by Gasteiger charge is -2.13. The number of aromatic amines is 1. The average molecular weight is 331 g/mol. The lowest BCUT2D eigenvalue weighted by atomic mass is 10.2. The zero-order valence-corrected chi connectivity index (χ0v) is 14.2. The molecule has 0 aliphatic carbocycles. The number of benzene rings is 2. The molecule has 0 aliphatic heterocycles. The Morgan fingerprint density at radius 1 is 1.09 bits per heavy atom. The minimum atomic E-state index is 0.518. The number of ether oxygens (including phenoxy) is 2. The van der Waals surface area contributed by atoms with Crippen molar-refractivity contribution in [2.75, 3.05) is 13.2 Å². The van der Waals surface area contributed by atoms with E-state index in [1.54, 1.807) is 0 Å². The molecule has 3 rings (SSSR count). The van der Waals surface area contributed by atoms with Crippen molar-refractivity contribution >= 4 is 22.6 Å². The molecule has 1 aromatic heterocycles. The second-order valence-electron chi connectivity index (χ2n) is 5.26. The average Bonchev–Trinajstić information content (AvgIpc) is 2.93. The first-order valence-electron chi connectivity index (χ1n) is 7.68. The molecule has 0 aliphatic rings. The Balaban J connectivity index is 2.10. The predicted octanol–water partition coefficient (Wildman–Crippen LogP) is 4.99. The third-order valence-corrected chi connectivity index (χ3v) is 3.79. The van der Waals surface area contributed by atoms with Gasteiger partial charge in [0, 0.05) is 5.56 Å². The Morgan fingerprint density at radius 2 is 1.87 bits per heavy atom. The van der Waals surface area contributed by atoms with Gasteiger partial charge in [-0.2, -0.15) is 0 Å². The van der Waals surface area contributed by atoms with Crippen LogP contribution in [0.1, 0.15) is 19.4 Å². The lowest BCUT2D eigenvalue weighted by Crippen LogP contribution is -1.99. The van der Waals surface area contributed by atoms with Gasteiger partial charge in [-0.1, -0.05) is 17.7 Å². The highest BCUT2D eigenvalue weighted by Gasteiger charge is 2.15. The largest absolute Gasteiger partial charge is 0.490 e. The van der Waals surface area contributed by atoms with Crippen LogP contribution in [0.25, 0.3) is 22.4 Å². The fraction of sp³-hybridized carbons (Fsp3) is 0.278. The van der Waals surface area contributed by atoms with Crippen LogP contribution in [-0.2, 0) is 0 Å². The van der Waals surface area contributed by atoms with Gasteiger partial charge >= 0.3 is 0 Å². The van der Waals surface area contributed by atoms with Gasteiger partial charge in [0.15, 0.2) is 11.5 Å². The van der Waals surface area contributed by atoms with Gasteiger partial charge in [-0.15, -0.1) is 0 Å². The second-order valence-corrected chi connectivity index (χ2v) is 5.66. The minimum Gasteiger partial charge on any atom is -0.490 e. The molecular formula is C18H19ClN2O2. The van der Waals surface area contributed by atoms with Gasteiger partial charge in [-0.25, -0.2) is 4.98 Å². The Labute approximate surface area is 140 Å². The molecule has 120 valence electrons. The van der Waals surface area contributed by atoms with E-state index in [-0.39, 0.29) is 0 Å². The zero-order chi connectivity index (χ0) is 16.4. The molecule has 0 spiro atoms. The Morgan fingerprint density at radius 3 is 2.61 bits per heavy atom. The van der Waals surface area contributed by atoms with Crippen molar-refractivity contribution in [3.63, 3.8) is 0 Å². The molecule has 0 radical (unpaired) electrons. The van der Waals surface area contributed by atoms with Gasteiger partial charge in [0.2, 0.25) is 0 Å². The number of aryl methyl sites for hydroxylation is 1. The van der Waals surface area contributed by atoms with Crippen molar-refractivity contribution < 1.29 is 9.47 Å². The maximum atomic E-state index is 6.38. The number of imidazole rings is 1. The minimum absolute atomic E-state index is 0.518. The van der Waals surface area contributed by atoms with Gasteiger partial charge in [-0.05, 0) is 50.6 Å². The van der Waals surface area contributed by atoms with E-state index in [0.29, 0.717) is 29.7 Å². The van der Waals surface area contributed by atoms with Crippen LogP contribution < -0.4 is 9.47 Å². The number of aromatic nitrogens is 2. The third kappa shape index (κ3) is 3.13. The van der Waals surface area contributed by atoms with Crippen LogP contribution >= 0.6 is 11.6 Å². The summed E-state index contributed by atoms with van der Waals surface area (Å²) >= 11 is 6.38. The summed E-state index contributed by atoms with van der Waals surface area (Å²) in [5.74, 6) is 1.97. The molecule has 23 heavy (non-hydrogen) atoms. The number of halogens is 1. The molecule has 0 saturated heterocycles. The Bertz CT molecular complexity index is 842. The molecule has 0 amide bonds. The van der Waals surface area contributed by atoms with E-state index in [2.05, 4.69) is 23.0 Å². The molecule has 5 heteroatoms. The van der Waals surface area contributed by atoms with E-state index in [9.17, 15) is 0 Å². The molecule has 0 fully saturated rings. The highest BCUT2D eigenvalue weighted by Crippen LogP contribution is 2.39. The van der Waals surface area contributed by atoms with Gasteiger partial charge in [0.1, 0.15) is 5.82 Å². The smallest absolute Gasteiger partial charge is 0.179 e. The van der Waals surface area contributed by atoms with E-state index < -0.39 is 0 Å². The third-order valence-electron chi connectivity index (χ3n) is 3.51. The fourth-order valence-corrected chi connectivity index (χ4v) is 2.78. The molecule has 0 bridgehead atoms. The van der Waals surface area contributed by atoms with E-state index >= 15 is 0 Å². The molecule has 4 nitrogen and oxygen atoms in total. The molecule has 0 unspecified atom stereocenters. The van der Waals surface area contributed by atoms with Gasteiger partial charge in [-0.3, -0.25) is 0 Å². The van der Waals surface area contributed by atoms with Crippen molar-refractivity contribution in [3.8, 4) is 22.9 Å². The van der Waals surface area contributed by atoms with Gasteiger partial charge < -0.3 is 14.5 Å². The molecule has 0 atom stereocenters. The molecule has 1 heterocycles. The first-order chi connectivity index (χ1) is 11.1. The Hall–Kier alpha value is -2.20. The predicted molar refractivity (Wildman–Crippen MR) is 93.6 cm³/mol. The van der Waals surface area contributed by atoms with E-state index in [0.717, 1.165) is 22.4 Å². The summed E-state index contributed by atoms with van der Waals surface area (Å²) in [6, 6.07) is 9.88. The van der Waals surface area contributed by atoms with E-state index in [4.69, 9.17) is 21.1 Å². The number of nitrogens with zero attached hydrogens (tertiary/aromatic N) is 1. The monoisotopic (exact) mass is 330 g/mol. The normalized spacial score (nSPS) is 11.0. The zero-order valence-electron chi connectivity index (χ0n) is 13.4. The number of nitrogens with one attached hydrogen (secondary N) is 1. The lowest BCUT2D eigenvalue weighted by molar-refractivity contribution is 0.288. The molecular weight excluding hydrogens is 312 g/mol. The van der Waals surface area contributed by atoms with Crippen molar-refractivity contribution in [2.45, 2.75) is 20.8 Å². The summed E-state index contributed by atoms with van der Waals surface area (Å²) in [4.78, 5) is 7.97. The topological polar surface area (TPSA) is 47.1 Å². The number of fused-ring (bicyclic) bond motifs is 1. The summed E-state index contributed by atoms with van der Waals surface area (Å²) < 4.78 is 11.3. The van der Waals surface area contributed by atoms with Crippen LogP contribution in [0.4, 0.5) is 0 Å². The van der Waals surface area contributed by atoms with Crippen LogP contribution in [0.3, 0.4) is 0 Å². The van der Waals surface area contributed by atoms with Crippen LogP contribution in [0.2, 0.25) is 5.02 Å². The molecule has 0 saturated carbocycles. The molecule has 1 N–H and O–H groups in total. The second kappa shape index (κ2) is 6.50. The maximum absolute atomic E-state index is 6.38. The van der Waals surface area contributed by atoms with Crippen molar-refractivity contribution in [1.29, 1.82) is 0 Å². The number of H-pyrrole nitrogens is 1. The highest BCUT2D eigenvalue weighted by atomic mass is 35.5. The first-order valence-corrected chi connectivity index (χ1v) is 8.06. The summed E-state index contributed by atoms with van der Waals surface area (Å²) in [6.07, 6.45) is 0. The first kappa shape index (κ1) is 15.7. The quantitative estimate of drug-likeness (QED) is 0.717. The number of rotatable bonds is 5. The van der Waals surface area contributed by atoms with Gasteiger partial charge in [0.25, 0.3) is 0 Å². The summed E-state index contributed by atoms with van der Waals surface area (Å²) in [5.41, 5.74) is 3.99. The maximum Gasteiger partial charge on any atom is 0.179 e. The van der Waals surface area contributed by atoms with Crippen LogP contribution in [0.5, 0.6) is 11.5 Å². The standard InChI is InChI=1S/C18H19ClN2O2/c1-4-22-16-10-12(9-13(19)17(16)23-5-2)18-20-14-7-6-11(3)8-15(14)21-18/h6-10H,4-5H2,1-3H3,(H,20,21). The van der Waals surface area contributed by atoms with Crippen LogP contribution in [-0.4, -0.2) is 23.2 Å². The van der Waals surface area contributed by atoms with Crippen molar-refractivity contribution in [3.05, 3.63) is 40.9 Å². The van der Waals surface area contributed by atoms with Crippen LogP contribution in [0, 0.1) is 6.92 Å². The molecule has 3 aromatic rings. The van der Waals surface area contributed by atoms with Crippen molar-refractivity contribution in [1.82, 2.24) is 9.97 Å². The van der Waals surface area contributed by atoms with Gasteiger partial charge in [0.05, 0.1) is 29.3 Å². The van der Waals surface area contributed by atoms with Crippen molar-refractivity contribution in [2.24, 2.45) is 0 Å². The summed E-state index contributed by atoms with van der Waals surface area (Å²) in [7, 11) is 0. The SMILES string of the molecule is CCOc1cc(-c2nc3ccc(C)cc3[nH]2)cc(Cl)c1OCC. The van der Waals surface area contributed by atoms with E-state index in [1.165, 1.54) is 5.56 Å². The van der Waals surface area contributed by atoms with Crippen LogP contribution in [0.15, 0.2) is 30.3 Å². The Kier molecular flexibility index (Phi) is 4.44. The highest BCUT2D eigenvalue weighted by molar-refractivity contribution is 6.32. The number of hydrogen-bond acceptors (Lipinski definition) is 3.